The average Bonchev–Trinajstić information content (AvgIpc) is 4.13. The largest absolute Gasteiger partial charge is 0.458 e. The van der Waals surface area contributed by atoms with Gasteiger partial charge in [0.1, 0.15) is 28.8 Å². The number of benzene rings is 11. The Balaban J connectivity index is 0.930. The number of nitrogens with zero attached hydrogens (tertiary/aromatic N) is 5. The zero-order chi connectivity index (χ0) is 49.6. The van der Waals surface area contributed by atoms with E-state index in [0.29, 0.717) is 0 Å². The number of hydrogen-bond donors (Lipinski definition) is 0. The SMILES string of the molecule is c1ccc(-c2nc3cccc4c3n2-c2cc(N(c3ccccc3)c3ccccc3)cc3c2B4c2cc4c(cc2O3)Oc2cc(N(c3ccccc3)c3ccccc3)cc3c2B4c2cccc4c5ccccc5n-3c24)cc1. The van der Waals surface area contributed by atoms with Crippen molar-refractivity contribution in [1.82, 2.24) is 14.1 Å². The summed E-state index contributed by atoms with van der Waals surface area (Å²) in [7, 11) is 0. The molecule has 9 heteroatoms. The van der Waals surface area contributed by atoms with Crippen LogP contribution in [-0.4, -0.2) is 27.5 Å². The van der Waals surface area contributed by atoms with Gasteiger partial charge in [-0.2, -0.15) is 0 Å². The molecular formula is C67H41B2N5O2. The third-order valence-corrected chi connectivity index (χ3v) is 16.1. The van der Waals surface area contributed by atoms with Crippen LogP contribution in [0.25, 0.3) is 55.6 Å². The number of anilines is 6. The summed E-state index contributed by atoms with van der Waals surface area (Å²) in [4.78, 5) is 10.1. The lowest BCUT2D eigenvalue weighted by Crippen LogP contribution is -2.62. The molecular weight excluding hydrogens is 928 g/mol. The van der Waals surface area contributed by atoms with Gasteiger partial charge >= 0.3 is 0 Å². The minimum atomic E-state index is -0.175. The maximum absolute atomic E-state index is 7.46. The standard InChI is InChI=1S/C67H41B2N5O2/c1-6-20-42(21-7-1)67-70-55-34-19-33-52-66(55)74(67)58-37-48(72(45-26-12-4-13-27-45)46-28-14-5-15-29-46)39-62-64(58)69(52)54-40-53-59(41-60(54)76-62)75-61-38-47(71(43-22-8-2-9-23-43)44-24-10-3-11-25-44)36-57-63(61)68(53)51-32-18-31-50-49-30-16-17-35-56(49)73(57)65(50)51/h1-41H. The molecule has 0 bridgehead atoms. The molecule has 0 radical (unpaired) electrons. The van der Waals surface area contributed by atoms with Gasteiger partial charge < -0.3 is 23.8 Å². The van der Waals surface area contributed by atoms with Crippen LogP contribution in [0.3, 0.4) is 0 Å². The smallest absolute Gasteiger partial charge is 0.256 e. The van der Waals surface area contributed by atoms with Crippen LogP contribution in [0.2, 0.25) is 0 Å². The molecule has 0 fully saturated rings. The second-order valence-electron chi connectivity index (χ2n) is 20.2. The Morgan fingerprint density at radius 2 is 0.803 bits per heavy atom. The summed E-state index contributed by atoms with van der Waals surface area (Å²) in [5.74, 6) is 4.07. The van der Waals surface area contributed by atoms with Gasteiger partial charge in [0.25, 0.3) is 13.4 Å². The van der Waals surface area contributed by atoms with Gasteiger partial charge in [-0.25, -0.2) is 4.98 Å². The van der Waals surface area contributed by atoms with Crippen molar-refractivity contribution in [3.63, 3.8) is 0 Å². The highest BCUT2D eigenvalue weighted by atomic mass is 16.5. The summed E-state index contributed by atoms with van der Waals surface area (Å²) in [6.45, 7) is -0.315. The van der Waals surface area contributed by atoms with Gasteiger partial charge in [-0.15, -0.1) is 0 Å². The first kappa shape index (κ1) is 41.5. The third kappa shape index (κ3) is 5.82. The molecule has 17 rings (SSSR count). The molecule has 13 aromatic rings. The minimum absolute atomic E-state index is 0.140. The van der Waals surface area contributed by atoms with Crippen LogP contribution in [-0.2, 0) is 0 Å². The van der Waals surface area contributed by atoms with E-state index in [2.05, 4.69) is 268 Å². The van der Waals surface area contributed by atoms with E-state index in [4.69, 9.17) is 14.5 Å². The van der Waals surface area contributed by atoms with Crippen molar-refractivity contribution >= 4 is 113 Å². The zero-order valence-corrected chi connectivity index (χ0v) is 40.9. The molecule has 4 aliphatic rings. The first-order valence-corrected chi connectivity index (χ1v) is 26.0. The second kappa shape index (κ2) is 15.8. The highest BCUT2D eigenvalue weighted by Gasteiger charge is 2.46. The average molecular weight is 970 g/mol. The summed E-state index contributed by atoms with van der Waals surface area (Å²) >= 11 is 0. The molecule has 6 heterocycles. The molecule has 0 saturated heterocycles. The van der Waals surface area contributed by atoms with E-state index < -0.39 is 0 Å². The molecule has 0 saturated carbocycles. The highest BCUT2D eigenvalue weighted by molar-refractivity contribution is 7.02. The van der Waals surface area contributed by atoms with E-state index >= 15 is 0 Å². The number of fused-ring (bicyclic) bond motifs is 11. The molecule has 0 spiro atoms. The lowest BCUT2D eigenvalue weighted by atomic mass is 9.31. The van der Waals surface area contributed by atoms with Crippen LogP contribution in [0.4, 0.5) is 34.1 Å². The molecule has 4 aliphatic heterocycles. The molecule has 0 N–H and O–H groups in total. The van der Waals surface area contributed by atoms with Crippen LogP contribution in [0.5, 0.6) is 23.0 Å². The molecule has 0 atom stereocenters. The Kier molecular flexibility index (Phi) is 8.61. The molecule has 7 nitrogen and oxygen atoms in total. The lowest BCUT2D eigenvalue weighted by molar-refractivity contribution is 0.465. The highest BCUT2D eigenvalue weighted by Crippen LogP contribution is 2.46. The fourth-order valence-electron chi connectivity index (χ4n) is 13.1. The first-order valence-electron chi connectivity index (χ1n) is 26.0. The number of imidazole rings is 1. The second-order valence-corrected chi connectivity index (χ2v) is 20.2. The van der Waals surface area contributed by atoms with E-state index in [9.17, 15) is 0 Å². The van der Waals surface area contributed by atoms with Gasteiger partial charge in [-0.3, -0.25) is 4.57 Å². The zero-order valence-electron chi connectivity index (χ0n) is 40.9. The van der Waals surface area contributed by atoms with E-state index in [-0.39, 0.29) is 13.4 Å². The van der Waals surface area contributed by atoms with E-state index in [1.165, 1.54) is 32.7 Å². The Morgan fingerprint density at radius 3 is 1.36 bits per heavy atom. The summed E-state index contributed by atoms with van der Waals surface area (Å²) in [5.41, 5.74) is 20.8. The number of hydrogen-bond acceptors (Lipinski definition) is 5. The maximum atomic E-state index is 7.46. The molecule has 76 heavy (non-hydrogen) atoms. The van der Waals surface area contributed by atoms with E-state index in [0.717, 1.165) is 113 Å². The van der Waals surface area contributed by atoms with Crippen molar-refractivity contribution in [2.75, 3.05) is 9.80 Å². The molecule has 2 aromatic heterocycles. The van der Waals surface area contributed by atoms with Crippen LogP contribution < -0.4 is 52.1 Å². The van der Waals surface area contributed by atoms with Crippen LogP contribution in [0.15, 0.2) is 249 Å². The fraction of sp³-hybridized carbons (Fsp3) is 0. The van der Waals surface area contributed by atoms with Crippen molar-refractivity contribution in [3.05, 3.63) is 249 Å². The van der Waals surface area contributed by atoms with Gasteiger partial charge in [-0.05, 0) is 106 Å². The first-order chi connectivity index (χ1) is 37.7. The number of para-hydroxylation sites is 7. The molecule has 0 unspecified atom stereocenters. The molecule has 0 aliphatic carbocycles. The maximum Gasteiger partial charge on any atom is 0.256 e. The number of ether oxygens (including phenoxy) is 2. The fourth-order valence-corrected chi connectivity index (χ4v) is 13.1. The Bertz CT molecular complexity index is 4470. The Morgan fingerprint density at radius 1 is 0.342 bits per heavy atom. The minimum Gasteiger partial charge on any atom is -0.458 e. The molecule has 352 valence electrons. The predicted octanol–water partition coefficient (Wildman–Crippen LogP) is 12.6. The summed E-state index contributed by atoms with van der Waals surface area (Å²) in [6, 6.07) is 89.1. The van der Waals surface area contributed by atoms with E-state index in [1.54, 1.807) is 0 Å². The Labute approximate surface area is 438 Å². The van der Waals surface area contributed by atoms with Gasteiger partial charge in [0.05, 0.1) is 27.9 Å². The van der Waals surface area contributed by atoms with Crippen molar-refractivity contribution in [2.24, 2.45) is 0 Å². The van der Waals surface area contributed by atoms with Gasteiger partial charge in [0.15, 0.2) is 0 Å². The van der Waals surface area contributed by atoms with Crippen molar-refractivity contribution in [3.8, 4) is 45.8 Å². The number of aromatic nitrogens is 3. The van der Waals surface area contributed by atoms with Crippen LogP contribution >= 0.6 is 0 Å². The van der Waals surface area contributed by atoms with E-state index in [1.807, 2.05) is 0 Å². The van der Waals surface area contributed by atoms with Gasteiger partial charge in [0, 0.05) is 74.2 Å². The number of rotatable bonds is 7. The molecule has 0 amide bonds. The summed E-state index contributed by atoms with van der Waals surface area (Å²) in [5, 5.41) is 2.46. The topological polar surface area (TPSA) is 47.7 Å². The quantitative estimate of drug-likeness (QED) is 0.149. The van der Waals surface area contributed by atoms with Crippen LogP contribution in [0, 0.1) is 0 Å². The van der Waals surface area contributed by atoms with Crippen molar-refractivity contribution in [1.29, 1.82) is 0 Å². The van der Waals surface area contributed by atoms with Gasteiger partial charge in [-0.1, -0.05) is 158 Å². The monoisotopic (exact) mass is 969 g/mol. The van der Waals surface area contributed by atoms with Crippen LogP contribution in [0.1, 0.15) is 0 Å². The van der Waals surface area contributed by atoms with Crippen molar-refractivity contribution in [2.45, 2.75) is 0 Å². The van der Waals surface area contributed by atoms with Crippen molar-refractivity contribution < 1.29 is 9.47 Å². The van der Waals surface area contributed by atoms with Gasteiger partial charge in [0.2, 0.25) is 0 Å². The normalized spacial score (nSPS) is 12.9. The summed E-state index contributed by atoms with van der Waals surface area (Å²) in [6.07, 6.45) is 0. The lowest BCUT2D eigenvalue weighted by Gasteiger charge is -2.38. The third-order valence-electron chi connectivity index (χ3n) is 16.1. The predicted molar refractivity (Wildman–Crippen MR) is 313 cm³/mol. The molecule has 11 aromatic carbocycles. The summed E-state index contributed by atoms with van der Waals surface area (Å²) < 4.78 is 19.8. The Hall–Kier alpha value is -9.98.